The molecular weight excluding hydrogens is 335 g/mol. The van der Waals surface area contributed by atoms with Crippen LogP contribution in [0.1, 0.15) is 12.8 Å². The zero-order chi connectivity index (χ0) is 16.4. The fourth-order valence-electron chi connectivity index (χ4n) is 2.30. The Morgan fingerprint density at radius 3 is 2.17 bits per heavy atom. The second kappa shape index (κ2) is 6.22. The largest absolute Gasteiger partial charge is 0.325 e. The Labute approximate surface area is 143 Å². The quantitative estimate of drug-likeness (QED) is 0.807. The molecule has 2 aromatic rings. The Balaban J connectivity index is 1.74. The van der Waals surface area contributed by atoms with Gasteiger partial charge in [0.2, 0.25) is 11.8 Å². The Morgan fingerprint density at radius 2 is 1.52 bits per heavy atom. The summed E-state index contributed by atoms with van der Waals surface area (Å²) in [5, 5.41) is 6.10. The third-order valence-electron chi connectivity index (χ3n) is 3.85. The van der Waals surface area contributed by atoms with E-state index in [9.17, 15) is 9.59 Å². The number of carbonyl (C=O) groups is 2. The van der Waals surface area contributed by atoms with Crippen molar-refractivity contribution in [2.45, 2.75) is 12.8 Å². The maximum Gasteiger partial charge on any atom is 0.240 e. The average Bonchev–Trinajstić information content (AvgIpc) is 3.35. The van der Waals surface area contributed by atoms with Gasteiger partial charge in [0.05, 0.1) is 15.7 Å². The summed E-state index contributed by atoms with van der Waals surface area (Å²) < 4.78 is 0. The van der Waals surface area contributed by atoms with Crippen molar-refractivity contribution >= 4 is 46.4 Å². The standard InChI is InChI=1S/C17H14Cl2N2O2/c18-12-7-4-8-13(14(12)19)21-16(23)17(9-10-17)15(22)20-11-5-2-1-3-6-11/h1-8H,9-10H2,(H,20,22)(H,21,23). The number of hydrogen-bond acceptors (Lipinski definition) is 2. The lowest BCUT2D eigenvalue weighted by Gasteiger charge is -2.16. The number of amides is 2. The summed E-state index contributed by atoms with van der Waals surface area (Å²) in [5.74, 6) is -0.672. The van der Waals surface area contributed by atoms with Crippen molar-refractivity contribution in [3.05, 3.63) is 58.6 Å². The predicted octanol–water partition coefficient (Wildman–Crippen LogP) is 4.35. The molecule has 0 heterocycles. The number of benzene rings is 2. The molecule has 0 atom stereocenters. The van der Waals surface area contributed by atoms with E-state index in [1.165, 1.54) is 0 Å². The maximum absolute atomic E-state index is 12.5. The molecule has 1 fully saturated rings. The van der Waals surface area contributed by atoms with Gasteiger partial charge < -0.3 is 10.6 Å². The lowest BCUT2D eigenvalue weighted by atomic mass is 10.0. The molecule has 1 aliphatic carbocycles. The molecule has 2 aromatic carbocycles. The van der Waals surface area contributed by atoms with Gasteiger partial charge in [0.15, 0.2) is 0 Å². The van der Waals surface area contributed by atoms with Crippen molar-refractivity contribution in [3.8, 4) is 0 Å². The van der Waals surface area contributed by atoms with E-state index >= 15 is 0 Å². The van der Waals surface area contributed by atoms with E-state index in [-0.39, 0.29) is 16.8 Å². The van der Waals surface area contributed by atoms with Crippen LogP contribution >= 0.6 is 23.2 Å². The first-order valence-electron chi connectivity index (χ1n) is 7.15. The molecule has 6 heteroatoms. The first-order chi connectivity index (χ1) is 11.0. The second-order valence-corrected chi connectivity index (χ2v) is 6.24. The Hall–Kier alpha value is -2.04. The summed E-state index contributed by atoms with van der Waals surface area (Å²) in [6.45, 7) is 0. The summed E-state index contributed by atoms with van der Waals surface area (Å²) in [6, 6.07) is 14.0. The summed E-state index contributed by atoms with van der Waals surface area (Å²) in [4.78, 5) is 25.0. The van der Waals surface area contributed by atoms with Gasteiger partial charge in [-0.1, -0.05) is 47.5 Å². The molecule has 0 bridgehead atoms. The predicted molar refractivity (Wildman–Crippen MR) is 91.8 cm³/mol. The highest BCUT2D eigenvalue weighted by atomic mass is 35.5. The number of halogens is 2. The maximum atomic E-state index is 12.5. The van der Waals surface area contributed by atoms with Gasteiger partial charge in [0.1, 0.15) is 5.41 Å². The van der Waals surface area contributed by atoms with Crippen molar-refractivity contribution in [2.75, 3.05) is 10.6 Å². The smallest absolute Gasteiger partial charge is 0.240 e. The van der Waals surface area contributed by atoms with E-state index in [0.29, 0.717) is 29.2 Å². The molecule has 0 unspecified atom stereocenters. The molecule has 2 amide bonds. The van der Waals surface area contributed by atoms with E-state index in [0.717, 1.165) is 0 Å². The monoisotopic (exact) mass is 348 g/mol. The van der Waals surface area contributed by atoms with Crippen LogP contribution in [0.3, 0.4) is 0 Å². The molecule has 23 heavy (non-hydrogen) atoms. The van der Waals surface area contributed by atoms with Gasteiger partial charge in [-0.05, 0) is 37.1 Å². The van der Waals surface area contributed by atoms with Crippen LogP contribution in [-0.4, -0.2) is 11.8 Å². The molecule has 0 aromatic heterocycles. The molecule has 0 saturated heterocycles. The first kappa shape index (κ1) is 15.8. The number of para-hydroxylation sites is 1. The lowest BCUT2D eigenvalue weighted by Crippen LogP contribution is -2.35. The van der Waals surface area contributed by atoms with Crippen LogP contribution in [-0.2, 0) is 9.59 Å². The van der Waals surface area contributed by atoms with Crippen LogP contribution in [0.2, 0.25) is 10.0 Å². The molecule has 3 rings (SSSR count). The van der Waals surface area contributed by atoms with E-state index in [2.05, 4.69) is 10.6 Å². The lowest BCUT2D eigenvalue weighted by molar-refractivity contribution is -0.131. The van der Waals surface area contributed by atoms with E-state index < -0.39 is 5.41 Å². The molecule has 1 saturated carbocycles. The van der Waals surface area contributed by atoms with E-state index in [1.54, 1.807) is 30.3 Å². The van der Waals surface area contributed by atoms with E-state index in [1.807, 2.05) is 18.2 Å². The molecular formula is C17H14Cl2N2O2. The zero-order valence-corrected chi connectivity index (χ0v) is 13.6. The van der Waals surface area contributed by atoms with Crippen LogP contribution in [0.25, 0.3) is 0 Å². The normalized spacial score (nSPS) is 14.9. The van der Waals surface area contributed by atoms with Gasteiger partial charge in [0.25, 0.3) is 0 Å². The van der Waals surface area contributed by atoms with Crippen molar-refractivity contribution in [1.82, 2.24) is 0 Å². The Kier molecular flexibility index (Phi) is 4.28. The van der Waals surface area contributed by atoms with Crippen LogP contribution in [0.15, 0.2) is 48.5 Å². The van der Waals surface area contributed by atoms with Crippen molar-refractivity contribution < 1.29 is 9.59 Å². The highest BCUT2D eigenvalue weighted by molar-refractivity contribution is 6.44. The molecule has 0 radical (unpaired) electrons. The van der Waals surface area contributed by atoms with Gasteiger partial charge in [-0.15, -0.1) is 0 Å². The Bertz CT molecular complexity index is 758. The topological polar surface area (TPSA) is 58.2 Å². The van der Waals surface area contributed by atoms with Crippen LogP contribution in [0.4, 0.5) is 11.4 Å². The molecule has 0 spiro atoms. The average molecular weight is 349 g/mol. The number of anilines is 2. The van der Waals surface area contributed by atoms with E-state index in [4.69, 9.17) is 23.2 Å². The van der Waals surface area contributed by atoms with Crippen molar-refractivity contribution in [1.29, 1.82) is 0 Å². The second-order valence-electron chi connectivity index (χ2n) is 5.46. The summed E-state index contributed by atoms with van der Waals surface area (Å²) >= 11 is 12.0. The minimum atomic E-state index is -1.04. The van der Waals surface area contributed by atoms with Gasteiger partial charge in [0, 0.05) is 5.69 Å². The summed E-state index contributed by atoms with van der Waals surface area (Å²) in [7, 11) is 0. The zero-order valence-electron chi connectivity index (χ0n) is 12.1. The summed E-state index contributed by atoms with van der Waals surface area (Å²) in [6.07, 6.45) is 1.02. The highest BCUT2D eigenvalue weighted by Crippen LogP contribution is 2.48. The number of rotatable bonds is 4. The summed E-state index contributed by atoms with van der Waals surface area (Å²) in [5.41, 5.74) is 0.0295. The molecule has 2 N–H and O–H groups in total. The third kappa shape index (κ3) is 3.19. The fraction of sp³-hybridized carbons (Fsp3) is 0.176. The number of carbonyl (C=O) groups excluding carboxylic acids is 2. The third-order valence-corrected chi connectivity index (χ3v) is 4.67. The van der Waals surface area contributed by atoms with Crippen molar-refractivity contribution in [2.24, 2.45) is 5.41 Å². The fourth-order valence-corrected chi connectivity index (χ4v) is 2.64. The minimum absolute atomic E-state index is 0.266. The highest BCUT2D eigenvalue weighted by Gasteiger charge is 2.56. The molecule has 4 nitrogen and oxygen atoms in total. The van der Waals surface area contributed by atoms with Crippen molar-refractivity contribution in [3.63, 3.8) is 0 Å². The molecule has 1 aliphatic rings. The number of nitrogens with one attached hydrogen (secondary N) is 2. The number of hydrogen-bond donors (Lipinski definition) is 2. The first-order valence-corrected chi connectivity index (χ1v) is 7.90. The van der Waals surface area contributed by atoms with Gasteiger partial charge >= 0.3 is 0 Å². The Morgan fingerprint density at radius 1 is 0.870 bits per heavy atom. The molecule has 0 aliphatic heterocycles. The van der Waals surface area contributed by atoms with Crippen LogP contribution in [0.5, 0.6) is 0 Å². The SMILES string of the molecule is O=C(Nc1ccccc1)C1(C(=O)Nc2cccc(Cl)c2Cl)CC1. The van der Waals surface area contributed by atoms with Crippen LogP contribution < -0.4 is 10.6 Å². The van der Waals surface area contributed by atoms with Gasteiger partial charge in [-0.25, -0.2) is 0 Å². The molecule has 118 valence electrons. The minimum Gasteiger partial charge on any atom is -0.325 e. The van der Waals surface area contributed by atoms with Gasteiger partial charge in [-0.3, -0.25) is 9.59 Å². The van der Waals surface area contributed by atoms with Gasteiger partial charge in [-0.2, -0.15) is 0 Å². The van der Waals surface area contributed by atoms with Crippen LogP contribution in [0, 0.1) is 5.41 Å².